The van der Waals surface area contributed by atoms with Crippen LogP contribution in [0.5, 0.6) is 0 Å². The van der Waals surface area contributed by atoms with E-state index < -0.39 is 36.3 Å². The molecule has 7 heteroatoms. The van der Waals surface area contributed by atoms with Crippen LogP contribution in [-0.2, 0) is 14.3 Å². The van der Waals surface area contributed by atoms with Crippen LogP contribution >= 0.6 is 0 Å². The van der Waals surface area contributed by atoms with Gasteiger partial charge >= 0.3 is 5.97 Å². The molecule has 1 N–H and O–H groups in total. The zero-order valence-corrected chi connectivity index (χ0v) is 16.4. The Bertz CT molecular complexity index is 947. The van der Waals surface area contributed by atoms with Crippen LogP contribution in [0.1, 0.15) is 58.1 Å². The van der Waals surface area contributed by atoms with Gasteiger partial charge in [-0.1, -0.05) is 55.3 Å². The first-order chi connectivity index (χ1) is 14.5. The zero-order chi connectivity index (χ0) is 21.1. The molecule has 0 unspecified atom stereocenters. The number of fused-ring (bicyclic) bond motifs is 1. The van der Waals surface area contributed by atoms with Crippen LogP contribution in [0.4, 0.5) is 0 Å². The van der Waals surface area contributed by atoms with Crippen molar-refractivity contribution in [3.63, 3.8) is 0 Å². The lowest BCUT2D eigenvalue weighted by Crippen LogP contribution is -2.40. The van der Waals surface area contributed by atoms with Crippen LogP contribution in [0.25, 0.3) is 0 Å². The predicted octanol–water partition coefficient (Wildman–Crippen LogP) is 2.63. The molecule has 0 bridgehead atoms. The molecule has 154 valence electrons. The highest BCUT2D eigenvalue weighted by atomic mass is 16.5. The van der Waals surface area contributed by atoms with E-state index in [-0.39, 0.29) is 17.2 Å². The Morgan fingerprint density at radius 2 is 1.50 bits per heavy atom. The molecule has 0 radical (unpaired) electrons. The first-order valence-corrected chi connectivity index (χ1v) is 10.0. The highest BCUT2D eigenvalue weighted by molar-refractivity contribution is 6.22. The van der Waals surface area contributed by atoms with Crippen LogP contribution < -0.4 is 5.32 Å². The van der Waals surface area contributed by atoms with Crippen LogP contribution in [0.2, 0.25) is 0 Å². The molecule has 1 aliphatic carbocycles. The number of amides is 3. The van der Waals surface area contributed by atoms with Crippen LogP contribution in [0, 0.1) is 0 Å². The summed E-state index contributed by atoms with van der Waals surface area (Å²) in [4.78, 5) is 51.3. The van der Waals surface area contributed by atoms with Gasteiger partial charge in [0, 0.05) is 11.6 Å². The fraction of sp³-hybridized carbons (Fsp3) is 0.304. The number of carbonyl (C=O) groups is 4. The van der Waals surface area contributed by atoms with Crippen molar-refractivity contribution in [1.29, 1.82) is 0 Å². The van der Waals surface area contributed by atoms with Gasteiger partial charge in [0.2, 0.25) is 6.10 Å². The van der Waals surface area contributed by atoms with E-state index in [1.54, 1.807) is 54.6 Å². The Labute approximate surface area is 174 Å². The van der Waals surface area contributed by atoms with Gasteiger partial charge in [-0.3, -0.25) is 24.1 Å². The smallest absolute Gasteiger partial charge is 0.327 e. The second-order valence-electron chi connectivity index (χ2n) is 7.51. The fourth-order valence-corrected chi connectivity index (χ4v) is 3.93. The van der Waals surface area contributed by atoms with Gasteiger partial charge in [0.15, 0.2) is 0 Å². The molecule has 1 saturated carbocycles. The molecular formula is C23H22N2O5. The summed E-state index contributed by atoms with van der Waals surface area (Å²) >= 11 is 0. The maximum absolute atomic E-state index is 12.8. The Kier molecular flexibility index (Phi) is 5.61. The first-order valence-electron chi connectivity index (χ1n) is 10.0. The van der Waals surface area contributed by atoms with Gasteiger partial charge in [-0.05, 0) is 25.0 Å². The molecular weight excluding hydrogens is 384 g/mol. The van der Waals surface area contributed by atoms with Crippen molar-refractivity contribution >= 4 is 23.7 Å². The van der Waals surface area contributed by atoms with Crippen LogP contribution in [0.15, 0.2) is 54.6 Å². The summed E-state index contributed by atoms with van der Waals surface area (Å²) in [5.41, 5.74) is 1.05. The van der Waals surface area contributed by atoms with E-state index in [0.717, 1.165) is 30.6 Å². The van der Waals surface area contributed by atoms with E-state index in [1.165, 1.54) is 0 Å². The molecule has 2 aliphatic rings. The molecule has 1 aliphatic heterocycles. The number of imide groups is 1. The van der Waals surface area contributed by atoms with Crippen molar-refractivity contribution in [2.45, 2.75) is 37.8 Å². The van der Waals surface area contributed by atoms with E-state index in [4.69, 9.17) is 4.74 Å². The molecule has 2 aromatic carbocycles. The maximum Gasteiger partial charge on any atom is 0.327 e. The number of rotatable bonds is 6. The fourth-order valence-electron chi connectivity index (χ4n) is 3.93. The lowest BCUT2D eigenvalue weighted by Gasteiger charge is -2.21. The molecule has 7 nitrogen and oxygen atoms in total. The van der Waals surface area contributed by atoms with E-state index in [9.17, 15) is 19.2 Å². The van der Waals surface area contributed by atoms with E-state index in [2.05, 4.69) is 5.32 Å². The van der Waals surface area contributed by atoms with Crippen molar-refractivity contribution in [3.8, 4) is 0 Å². The minimum atomic E-state index is -1.14. The molecule has 0 saturated heterocycles. The molecule has 1 fully saturated rings. The number of hydrogen-bond acceptors (Lipinski definition) is 5. The van der Waals surface area contributed by atoms with Crippen molar-refractivity contribution in [2.75, 3.05) is 6.54 Å². The predicted molar refractivity (Wildman–Crippen MR) is 107 cm³/mol. The highest BCUT2D eigenvalue weighted by Crippen LogP contribution is 2.24. The average molecular weight is 406 g/mol. The van der Waals surface area contributed by atoms with Gasteiger partial charge in [0.05, 0.1) is 11.1 Å². The monoisotopic (exact) mass is 406 g/mol. The number of ether oxygens (including phenoxy) is 1. The summed E-state index contributed by atoms with van der Waals surface area (Å²) in [6.45, 7) is -0.549. The van der Waals surface area contributed by atoms with E-state index in [1.807, 2.05) is 0 Å². The number of benzene rings is 2. The number of esters is 1. The molecule has 4 rings (SSSR count). The topological polar surface area (TPSA) is 92.8 Å². The third kappa shape index (κ3) is 3.96. The number of hydrogen-bond donors (Lipinski definition) is 1. The summed E-state index contributed by atoms with van der Waals surface area (Å²) in [5.74, 6) is -2.30. The average Bonchev–Trinajstić information content (AvgIpc) is 3.35. The highest BCUT2D eigenvalue weighted by Gasteiger charge is 2.37. The number of carbonyl (C=O) groups excluding carboxylic acids is 4. The lowest BCUT2D eigenvalue weighted by molar-refractivity contribution is -0.156. The third-order valence-electron chi connectivity index (χ3n) is 5.46. The Balaban J connectivity index is 1.47. The van der Waals surface area contributed by atoms with Gasteiger partial charge in [0.1, 0.15) is 6.54 Å². The molecule has 0 spiro atoms. The summed E-state index contributed by atoms with van der Waals surface area (Å²) in [6, 6.07) is 15.2. The summed E-state index contributed by atoms with van der Waals surface area (Å²) < 4.78 is 5.47. The van der Waals surface area contributed by atoms with E-state index in [0.29, 0.717) is 5.56 Å². The summed E-state index contributed by atoms with van der Waals surface area (Å²) in [7, 11) is 0. The minimum absolute atomic E-state index is 0.0682. The lowest BCUT2D eigenvalue weighted by atomic mass is 10.1. The van der Waals surface area contributed by atoms with Crippen LogP contribution in [-0.4, -0.2) is 41.2 Å². The molecule has 0 aromatic heterocycles. The van der Waals surface area contributed by atoms with Crippen molar-refractivity contribution in [2.24, 2.45) is 0 Å². The van der Waals surface area contributed by atoms with Gasteiger partial charge in [0.25, 0.3) is 17.7 Å². The second-order valence-corrected chi connectivity index (χ2v) is 7.51. The Hall–Kier alpha value is -3.48. The molecule has 3 amide bonds. The van der Waals surface area contributed by atoms with E-state index >= 15 is 0 Å². The standard InChI is InChI=1S/C23H22N2O5/c26-19(14-25-22(28)17-12-6-7-13-18(17)23(25)29)30-20(15-8-2-1-3-9-15)21(27)24-16-10-4-5-11-16/h1-3,6-9,12-13,16,20H,4-5,10-11,14H2,(H,24,27)/t20-/m0/s1. The normalized spacial score (nSPS) is 17.0. The van der Waals surface area contributed by atoms with Crippen LogP contribution in [0.3, 0.4) is 0 Å². The number of nitrogens with one attached hydrogen (secondary N) is 1. The molecule has 30 heavy (non-hydrogen) atoms. The Morgan fingerprint density at radius 1 is 0.933 bits per heavy atom. The number of nitrogens with zero attached hydrogens (tertiary/aromatic N) is 1. The first kappa shape index (κ1) is 19.8. The third-order valence-corrected chi connectivity index (χ3v) is 5.46. The van der Waals surface area contributed by atoms with Crippen molar-refractivity contribution in [1.82, 2.24) is 10.2 Å². The largest absolute Gasteiger partial charge is 0.446 e. The van der Waals surface area contributed by atoms with Gasteiger partial charge in [-0.15, -0.1) is 0 Å². The molecule has 2 aromatic rings. The zero-order valence-electron chi connectivity index (χ0n) is 16.4. The Morgan fingerprint density at radius 3 is 2.10 bits per heavy atom. The maximum atomic E-state index is 12.8. The minimum Gasteiger partial charge on any atom is -0.446 e. The summed E-state index contributed by atoms with van der Waals surface area (Å²) in [5, 5.41) is 2.94. The van der Waals surface area contributed by atoms with Gasteiger partial charge < -0.3 is 10.1 Å². The quantitative estimate of drug-likeness (QED) is 0.588. The SMILES string of the molecule is O=C(CN1C(=O)c2ccccc2C1=O)O[C@H](C(=O)NC1CCCC1)c1ccccc1. The van der Waals surface area contributed by atoms with Crippen molar-refractivity contribution in [3.05, 3.63) is 71.3 Å². The summed E-state index contributed by atoms with van der Waals surface area (Å²) in [6.07, 6.45) is 2.77. The van der Waals surface area contributed by atoms with Gasteiger partial charge in [-0.2, -0.15) is 0 Å². The van der Waals surface area contributed by atoms with Gasteiger partial charge in [-0.25, -0.2) is 0 Å². The molecule has 1 atom stereocenters. The van der Waals surface area contributed by atoms with Crippen molar-refractivity contribution < 1.29 is 23.9 Å². The second kappa shape index (κ2) is 8.49. The molecule has 1 heterocycles.